The molecule has 0 spiro atoms. The number of rotatable bonds is 14. The van der Waals surface area contributed by atoms with E-state index < -0.39 is 11.2 Å². The Morgan fingerprint density at radius 2 is 1.11 bits per heavy atom. The Balaban J connectivity index is 2.90. The Kier molecular flexibility index (Phi) is 15.6. The largest absolute Gasteiger partial charge is 0.617 e. The Bertz CT molecular complexity index is 151. The third-order valence-corrected chi connectivity index (χ3v) is 4.14. The Morgan fingerprint density at radius 3 is 1.50 bits per heavy atom. The van der Waals surface area contributed by atoms with Crippen LogP contribution < -0.4 is 0 Å². The standard InChI is InChI=1S/C15H32O2S/c1-17-14-12-10-8-6-4-3-5-7-9-11-13-15-18(2)16/h3-15H2,1-2H3. The minimum Gasteiger partial charge on any atom is -0.617 e. The van der Waals surface area contributed by atoms with Crippen molar-refractivity contribution in [2.75, 3.05) is 25.7 Å². The summed E-state index contributed by atoms with van der Waals surface area (Å²) in [4.78, 5) is 0. The first kappa shape index (κ1) is 18.3. The van der Waals surface area contributed by atoms with Gasteiger partial charge in [-0.25, -0.2) is 0 Å². The second-order valence-electron chi connectivity index (χ2n) is 5.16. The summed E-state index contributed by atoms with van der Waals surface area (Å²) in [6.07, 6.45) is 16.3. The zero-order chi connectivity index (χ0) is 13.5. The van der Waals surface area contributed by atoms with Gasteiger partial charge < -0.3 is 9.29 Å². The summed E-state index contributed by atoms with van der Waals surface area (Å²) < 4.78 is 15.9. The maximum atomic E-state index is 10.8. The molecule has 3 heteroatoms. The quantitative estimate of drug-likeness (QED) is 0.350. The third kappa shape index (κ3) is 16.3. The lowest BCUT2D eigenvalue weighted by Crippen LogP contribution is -2.02. The van der Waals surface area contributed by atoms with E-state index in [0.717, 1.165) is 18.8 Å². The highest BCUT2D eigenvalue weighted by atomic mass is 32.2. The zero-order valence-corrected chi connectivity index (χ0v) is 13.2. The van der Waals surface area contributed by atoms with Crippen molar-refractivity contribution in [2.45, 2.75) is 70.6 Å². The van der Waals surface area contributed by atoms with Crippen molar-refractivity contribution < 1.29 is 9.29 Å². The van der Waals surface area contributed by atoms with Crippen LogP contribution in [0.2, 0.25) is 0 Å². The molecule has 0 heterocycles. The van der Waals surface area contributed by atoms with Crippen molar-refractivity contribution in [2.24, 2.45) is 0 Å². The van der Waals surface area contributed by atoms with Crippen LogP contribution in [-0.2, 0) is 15.9 Å². The van der Waals surface area contributed by atoms with E-state index in [1.54, 1.807) is 13.4 Å². The summed E-state index contributed by atoms with van der Waals surface area (Å²) in [5.74, 6) is 0.890. The van der Waals surface area contributed by atoms with Gasteiger partial charge in [0.05, 0.1) is 6.26 Å². The Hall–Kier alpha value is 0.270. The molecule has 0 rings (SSSR count). The molecule has 110 valence electrons. The van der Waals surface area contributed by atoms with Gasteiger partial charge in [-0.15, -0.1) is 0 Å². The average molecular weight is 276 g/mol. The molecule has 0 radical (unpaired) electrons. The summed E-state index contributed by atoms with van der Waals surface area (Å²) in [5, 5.41) is 0. The predicted molar refractivity (Wildman–Crippen MR) is 81.6 cm³/mol. The van der Waals surface area contributed by atoms with Gasteiger partial charge in [0.1, 0.15) is 5.75 Å². The molecule has 0 N–H and O–H groups in total. The molecular weight excluding hydrogens is 244 g/mol. The molecule has 0 aliphatic heterocycles. The SMILES string of the molecule is COCCCCCCCCCCCCC[S+](C)[O-]. The van der Waals surface area contributed by atoms with Gasteiger partial charge >= 0.3 is 0 Å². The summed E-state index contributed by atoms with van der Waals surface area (Å²) >= 11 is -0.590. The maximum absolute atomic E-state index is 10.8. The van der Waals surface area contributed by atoms with Gasteiger partial charge in [0.2, 0.25) is 0 Å². The van der Waals surface area contributed by atoms with Gasteiger partial charge in [0, 0.05) is 13.7 Å². The van der Waals surface area contributed by atoms with Crippen molar-refractivity contribution in [1.82, 2.24) is 0 Å². The van der Waals surface area contributed by atoms with Crippen LogP contribution in [0.3, 0.4) is 0 Å². The number of hydrogen-bond acceptors (Lipinski definition) is 2. The normalized spacial score (nSPS) is 12.8. The van der Waals surface area contributed by atoms with Gasteiger partial charge in [-0.1, -0.05) is 62.5 Å². The molecule has 0 fully saturated rings. The molecule has 0 bridgehead atoms. The number of unbranched alkanes of at least 4 members (excludes halogenated alkanes) is 10. The van der Waals surface area contributed by atoms with Crippen LogP contribution in [0, 0.1) is 0 Å². The second-order valence-corrected chi connectivity index (χ2v) is 6.71. The van der Waals surface area contributed by atoms with Crippen molar-refractivity contribution in [1.29, 1.82) is 0 Å². The molecule has 2 nitrogen and oxygen atoms in total. The van der Waals surface area contributed by atoms with Crippen LogP contribution in [0.4, 0.5) is 0 Å². The van der Waals surface area contributed by atoms with E-state index in [1.165, 1.54) is 64.2 Å². The lowest BCUT2D eigenvalue weighted by atomic mass is 10.1. The van der Waals surface area contributed by atoms with E-state index in [2.05, 4.69) is 0 Å². The molecular formula is C15H32O2S. The van der Waals surface area contributed by atoms with Crippen LogP contribution in [0.5, 0.6) is 0 Å². The lowest BCUT2D eigenvalue weighted by molar-refractivity contribution is 0.192. The van der Waals surface area contributed by atoms with Gasteiger partial charge in [-0.3, -0.25) is 0 Å². The summed E-state index contributed by atoms with van der Waals surface area (Å²) in [7, 11) is 1.78. The van der Waals surface area contributed by atoms with E-state index in [9.17, 15) is 4.55 Å². The number of methoxy groups -OCH3 is 1. The van der Waals surface area contributed by atoms with Gasteiger partial charge in [-0.05, 0) is 19.3 Å². The van der Waals surface area contributed by atoms with E-state index >= 15 is 0 Å². The zero-order valence-electron chi connectivity index (χ0n) is 12.4. The van der Waals surface area contributed by atoms with E-state index in [4.69, 9.17) is 4.74 Å². The fraction of sp³-hybridized carbons (Fsp3) is 1.00. The minimum atomic E-state index is -0.590. The Labute approximate surface area is 117 Å². The smallest absolute Gasteiger partial charge is 0.105 e. The first-order chi connectivity index (χ1) is 8.77. The van der Waals surface area contributed by atoms with Crippen LogP contribution in [0.1, 0.15) is 70.6 Å². The van der Waals surface area contributed by atoms with Gasteiger partial charge in [-0.2, -0.15) is 0 Å². The summed E-state index contributed by atoms with van der Waals surface area (Å²) in [5.41, 5.74) is 0. The molecule has 1 unspecified atom stereocenters. The molecule has 1 atom stereocenters. The first-order valence-corrected chi connectivity index (χ1v) is 9.29. The van der Waals surface area contributed by atoms with Gasteiger partial charge in [0.15, 0.2) is 0 Å². The number of ether oxygens (including phenoxy) is 1. The molecule has 0 aliphatic carbocycles. The molecule has 18 heavy (non-hydrogen) atoms. The molecule has 0 aromatic carbocycles. The monoisotopic (exact) mass is 276 g/mol. The van der Waals surface area contributed by atoms with Crippen LogP contribution in [0.25, 0.3) is 0 Å². The summed E-state index contributed by atoms with van der Waals surface area (Å²) in [6, 6.07) is 0. The van der Waals surface area contributed by atoms with Gasteiger partial charge in [0.25, 0.3) is 0 Å². The fourth-order valence-corrected chi connectivity index (χ4v) is 2.75. The van der Waals surface area contributed by atoms with Crippen molar-refractivity contribution >= 4 is 11.2 Å². The van der Waals surface area contributed by atoms with Crippen LogP contribution in [-0.4, -0.2) is 30.3 Å². The minimum absolute atomic E-state index is 0.590. The average Bonchev–Trinajstić information content (AvgIpc) is 2.34. The van der Waals surface area contributed by atoms with Crippen LogP contribution in [0.15, 0.2) is 0 Å². The first-order valence-electron chi connectivity index (χ1n) is 7.56. The lowest BCUT2D eigenvalue weighted by Gasteiger charge is -2.04. The predicted octanol–water partition coefficient (Wildman–Crippen LogP) is 4.30. The van der Waals surface area contributed by atoms with Crippen LogP contribution >= 0.6 is 0 Å². The highest BCUT2D eigenvalue weighted by Crippen LogP contribution is 2.11. The molecule has 0 aromatic rings. The molecule has 0 aromatic heterocycles. The molecule has 0 saturated heterocycles. The highest BCUT2D eigenvalue weighted by molar-refractivity contribution is 7.90. The second kappa shape index (κ2) is 15.3. The topological polar surface area (TPSA) is 32.3 Å². The van der Waals surface area contributed by atoms with E-state index in [0.29, 0.717) is 0 Å². The Morgan fingerprint density at radius 1 is 0.722 bits per heavy atom. The number of hydrogen-bond donors (Lipinski definition) is 0. The molecule has 0 amide bonds. The van der Waals surface area contributed by atoms with Crippen molar-refractivity contribution in [3.05, 3.63) is 0 Å². The molecule has 0 saturated carbocycles. The third-order valence-electron chi connectivity index (χ3n) is 3.28. The van der Waals surface area contributed by atoms with Crippen molar-refractivity contribution in [3.8, 4) is 0 Å². The van der Waals surface area contributed by atoms with Crippen molar-refractivity contribution in [3.63, 3.8) is 0 Å². The highest BCUT2D eigenvalue weighted by Gasteiger charge is 1.97. The van der Waals surface area contributed by atoms with E-state index in [-0.39, 0.29) is 0 Å². The summed E-state index contributed by atoms with van der Waals surface area (Å²) in [6.45, 7) is 0.919. The fourth-order valence-electron chi connectivity index (χ4n) is 2.14. The molecule has 0 aliphatic rings. The maximum Gasteiger partial charge on any atom is 0.105 e. The van der Waals surface area contributed by atoms with E-state index in [1.807, 2.05) is 0 Å².